The molecular weight excluding hydrogens is 413 g/mol. The van der Waals surface area contributed by atoms with Crippen LogP contribution in [-0.2, 0) is 16.1 Å². The second kappa shape index (κ2) is 10.3. The van der Waals surface area contributed by atoms with Gasteiger partial charge in [-0.1, -0.05) is 38.8 Å². The van der Waals surface area contributed by atoms with Crippen molar-refractivity contribution in [2.24, 2.45) is 0 Å². The van der Waals surface area contributed by atoms with Crippen LogP contribution in [0.5, 0.6) is 11.5 Å². The lowest BCUT2D eigenvalue weighted by atomic mass is 9.88. The number of urea groups is 1. The second-order valence-corrected chi connectivity index (χ2v) is 7.88. The zero-order valence-electron chi connectivity index (χ0n) is 18.3. The number of carbonyl (C=O) groups is 3. The first-order valence-corrected chi connectivity index (χ1v) is 10.8. The van der Waals surface area contributed by atoms with Crippen molar-refractivity contribution in [3.63, 3.8) is 0 Å². The molecule has 1 aliphatic rings. The number of hydrogen-bond donors (Lipinski definition) is 2. The molecule has 7 nitrogen and oxygen atoms in total. The molecule has 4 amide bonds. The third kappa shape index (κ3) is 5.43. The van der Waals surface area contributed by atoms with Gasteiger partial charge in [-0.2, -0.15) is 0 Å². The number of amides is 4. The van der Waals surface area contributed by atoms with Gasteiger partial charge in [-0.3, -0.25) is 14.5 Å². The normalized spacial score (nSPS) is 14.9. The van der Waals surface area contributed by atoms with E-state index in [-0.39, 0.29) is 24.8 Å². The predicted molar refractivity (Wildman–Crippen MR) is 118 cm³/mol. The van der Waals surface area contributed by atoms with Crippen LogP contribution in [0.3, 0.4) is 0 Å². The highest BCUT2D eigenvalue weighted by Gasteiger charge is 2.50. The first kappa shape index (κ1) is 23.2. The van der Waals surface area contributed by atoms with Gasteiger partial charge in [-0.25, -0.2) is 9.18 Å². The smallest absolute Gasteiger partial charge is 0.325 e. The molecule has 0 bridgehead atoms. The van der Waals surface area contributed by atoms with Crippen molar-refractivity contribution in [1.29, 1.82) is 0 Å². The van der Waals surface area contributed by atoms with Crippen LogP contribution in [-0.4, -0.2) is 34.8 Å². The monoisotopic (exact) mass is 441 g/mol. The molecule has 1 heterocycles. The standard InChI is InChI=1S/C24H28FN3O4/c1-3-13-24(14-4-2)22(30)28(23(31)27-24)16-21(29)26-15-17-5-9-19(10-6-17)32-20-11-7-18(25)8-12-20/h5-12H,3-4,13-16H2,1-2H3,(H,26,29)(H,27,31). The first-order chi connectivity index (χ1) is 15.4. The Morgan fingerprint density at radius 3 is 2.12 bits per heavy atom. The number of ether oxygens (including phenoxy) is 1. The Bertz CT molecular complexity index is 954. The minimum absolute atomic E-state index is 0.244. The van der Waals surface area contributed by atoms with E-state index in [0.717, 1.165) is 23.3 Å². The van der Waals surface area contributed by atoms with E-state index in [0.29, 0.717) is 24.3 Å². The Hall–Kier alpha value is -3.42. The molecule has 1 saturated heterocycles. The SMILES string of the molecule is CCCC1(CCC)NC(=O)N(CC(=O)NCc2ccc(Oc3ccc(F)cc3)cc2)C1=O. The Kier molecular flexibility index (Phi) is 7.45. The Labute approximate surface area is 186 Å². The Morgan fingerprint density at radius 2 is 1.56 bits per heavy atom. The van der Waals surface area contributed by atoms with E-state index in [4.69, 9.17) is 4.74 Å². The molecule has 0 saturated carbocycles. The van der Waals surface area contributed by atoms with Crippen molar-refractivity contribution in [1.82, 2.24) is 15.5 Å². The lowest BCUT2D eigenvalue weighted by Crippen LogP contribution is -2.47. The van der Waals surface area contributed by atoms with E-state index < -0.39 is 17.5 Å². The molecule has 0 aliphatic carbocycles. The van der Waals surface area contributed by atoms with Gasteiger partial charge in [0.15, 0.2) is 0 Å². The van der Waals surface area contributed by atoms with Crippen molar-refractivity contribution >= 4 is 17.8 Å². The number of halogens is 1. The molecular formula is C24H28FN3O4. The molecule has 8 heteroatoms. The van der Waals surface area contributed by atoms with Crippen molar-refractivity contribution in [2.45, 2.75) is 51.6 Å². The molecule has 2 aromatic rings. The highest BCUT2D eigenvalue weighted by atomic mass is 19.1. The molecule has 0 atom stereocenters. The average molecular weight is 442 g/mol. The first-order valence-electron chi connectivity index (χ1n) is 10.8. The fraction of sp³-hybridized carbons (Fsp3) is 0.375. The molecule has 2 aromatic carbocycles. The van der Waals surface area contributed by atoms with Crippen LogP contribution in [0, 0.1) is 5.82 Å². The third-order valence-electron chi connectivity index (χ3n) is 5.36. The summed E-state index contributed by atoms with van der Waals surface area (Å²) in [6, 6.07) is 12.3. The quantitative estimate of drug-likeness (QED) is 0.543. The lowest BCUT2D eigenvalue weighted by molar-refractivity contribution is -0.135. The third-order valence-corrected chi connectivity index (χ3v) is 5.36. The summed E-state index contributed by atoms with van der Waals surface area (Å²) < 4.78 is 18.6. The molecule has 1 fully saturated rings. The summed E-state index contributed by atoms with van der Waals surface area (Å²) in [4.78, 5) is 38.6. The highest BCUT2D eigenvalue weighted by Crippen LogP contribution is 2.28. The molecule has 0 unspecified atom stereocenters. The number of nitrogens with zero attached hydrogens (tertiary/aromatic N) is 1. The topological polar surface area (TPSA) is 87.7 Å². The molecule has 2 N–H and O–H groups in total. The van der Waals surface area contributed by atoms with Crippen LogP contribution in [0.2, 0.25) is 0 Å². The van der Waals surface area contributed by atoms with Gasteiger partial charge in [0, 0.05) is 6.54 Å². The number of imide groups is 1. The van der Waals surface area contributed by atoms with Crippen molar-refractivity contribution in [3.8, 4) is 11.5 Å². The van der Waals surface area contributed by atoms with Crippen LogP contribution in [0.1, 0.15) is 45.1 Å². The molecule has 0 spiro atoms. The summed E-state index contributed by atoms with van der Waals surface area (Å²) in [7, 11) is 0. The van der Waals surface area contributed by atoms with E-state index in [1.807, 2.05) is 13.8 Å². The van der Waals surface area contributed by atoms with Gasteiger partial charge < -0.3 is 15.4 Å². The van der Waals surface area contributed by atoms with Gasteiger partial charge in [0.2, 0.25) is 5.91 Å². The zero-order valence-corrected chi connectivity index (χ0v) is 18.3. The molecule has 1 aliphatic heterocycles. The molecule has 32 heavy (non-hydrogen) atoms. The van der Waals surface area contributed by atoms with Crippen LogP contribution >= 0.6 is 0 Å². The van der Waals surface area contributed by atoms with E-state index in [2.05, 4.69) is 10.6 Å². The Morgan fingerprint density at radius 1 is 1.00 bits per heavy atom. The second-order valence-electron chi connectivity index (χ2n) is 7.88. The Balaban J connectivity index is 1.52. The van der Waals surface area contributed by atoms with Crippen LogP contribution < -0.4 is 15.4 Å². The molecule has 3 rings (SSSR count). The van der Waals surface area contributed by atoms with E-state index in [1.165, 1.54) is 24.3 Å². The lowest BCUT2D eigenvalue weighted by Gasteiger charge is -2.25. The van der Waals surface area contributed by atoms with Gasteiger partial charge >= 0.3 is 6.03 Å². The van der Waals surface area contributed by atoms with E-state index >= 15 is 0 Å². The summed E-state index contributed by atoms with van der Waals surface area (Å²) in [6.45, 7) is 3.85. The molecule has 170 valence electrons. The average Bonchev–Trinajstić information content (AvgIpc) is 2.99. The molecule has 0 aromatic heterocycles. The highest BCUT2D eigenvalue weighted by molar-refractivity contribution is 6.09. The van der Waals surface area contributed by atoms with Crippen LogP contribution in [0.15, 0.2) is 48.5 Å². The van der Waals surface area contributed by atoms with Gasteiger partial charge in [0.05, 0.1) is 0 Å². The van der Waals surface area contributed by atoms with Gasteiger partial charge in [0.1, 0.15) is 29.4 Å². The van der Waals surface area contributed by atoms with E-state index in [1.54, 1.807) is 24.3 Å². The maximum Gasteiger partial charge on any atom is 0.325 e. The summed E-state index contributed by atoms with van der Waals surface area (Å²) >= 11 is 0. The van der Waals surface area contributed by atoms with Gasteiger partial charge in [-0.15, -0.1) is 0 Å². The fourth-order valence-electron chi connectivity index (χ4n) is 3.85. The zero-order chi connectivity index (χ0) is 23.1. The number of rotatable bonds is 10. The minimum atomic E-state index is -0.902. The van der Waals surface area contributed by atoms with Gasteiger partial charge in [0.25, 0.3) is 5.91 Å². The van der Waals surface area contributed by atoms with E-state index in [9.17, 15) is 18.8 Å². The number of nitrogens with one attached hydrogen (secondary N) is 2. The maximum atomic E-state index is 13.0. The number of carbonyl (C=O) groups excluding carboxylic acids is 3. The minimum Gasteiger partial charge on any atom is -0.457 e. The van der Waals surface area contributed by atoms with Gasteiger partial charge in [-0.05, 0) is 54.8 Å². The largest absolute Gasteiger partial charge is 0.457 e. The van der Waals surface area contributed by atoms with Crippen LogP contribution in [0.25, 0.3) is 0 Å². The summed E-state index contributed by atoms with van der Waals surface area (Å²) in [5.74, 6) is 0.0167. The molecule has 0 radical (unpaired) electrons. The summed E-state index contributed by atoms with van der Waals surface area (Å²) in [5, 5.41) is 5.54. The van der Waals surface area contributed by atoms with Crippen LogP contribution in [0.4, 0.5) is 9.18 Å². The number of benzene rings is 2. The van der Waals surface area contributed by atoms with Crippen molar-refractivity contribution in [2.75, 3.05) is 6.54 Å². The fourth-order valence-corrected chi connectivity index (χ4v) is 3.85. The van der Waals surface area contributed by atoms with Crippen molar-refractivity contribution in [3.05, 3.63) is 59.9 Å². The summed E-state index contributed by atoms with van der Waals surface area (Å²) in [6.07, 6.45) is 2.62. The number of hydrogen-bond acceptors (Lipinski definition) is 4. The maximum absolute atomic E-state index is 13.0. The summed E-state index contributed by atoms with van der Waals surface area (Å²) in [5.41, 5.74) is -0.0744. The predicted octanol–water partition coefficient (Wildman–Crippen LogP) is 4.13. The van der Waals surface area contributed by atoms with Crippen molar-refractivity contribution < 1.29 is 23.5 Å².